The number of amides is 2. The van der Waals surface area contributed by atoms with Crippen LogP contribution in [0, 0.1) is 6.92 Å². The van der Waals surface area contributed by atoms with Crippen LogP contribution in [0.4, 0.5) is 10.5 Å². The van der Waals surface area contributed by atoms with Gasteiger partial charge in [-0.15, -0.1) is 0 Å². The second kappa shape index (κ2) is 10.2. The topological polar surface area (TPSA) is 83.7 Å². The summed E-state index contributed by atoms with van der Waals surface area (Å²) in [7, 11) is 0. The highest BCUT2D eigenvalue weighted by Gasteiger charge is 2.23. The Kier molecular flexibility index (Phi) is 7.11. The van der Waals surface area contributed by atoms with Gasteiger partial charge in [0.1, 0.15) is 0 Å². The number of carbonyl (C=O) groups excluding carboxylic acids is 1. The Hall–Kier alpha value is -3.16. The maximum atomic E-state index is 13.2. The van der Waals surface area contributed by atoms with Crippen molar-refractivity contribution in [3.63, 3.8) is 0 Å². The molecule has 1 aliphatic heterocycles. The maximum absolute atomic E-state index is 13.2. The number of aromatic amines is 1. The normalized spacial score (nSPS) is 16.2. The Morgan fingerprint density at radius 3 is 2.64 bits per heavy atom. The van der Waals surface area contributed by atoms with E-state index in [2.05, 4.69) is 24.1 Å². The summed E-state index contributed by atoms with van der Waals surface area (Å²) >= 11 is 0. The monoisotopic (exact) mass is 449 g/mol. The quantitative estimate of drug-likeness (QED) is 0.584. The molecule has 1 fully saturated rings. The maximum Gasteiger partial charge on any atom is 0.322 e. The highest BCUT2D eigenvalue weighted by Crippen LogP contribution is 2.19. The van der Waals surface area contributed by atoms with Crippen LogP contribution in [-0.2, 0) is 16.0 Å². The van der Waals surface area contributed by atoms with Crippen LogP contribution in [0.5, 0.6) is 0 Å². The summed E-state index contributed by atoms with van der Waals surface area (Å²) in [4.78, 5) is 30.5. The van der Waals surface area contributed by atoms with Gasteiger partial charge in [0.05, 0.1) is 39.0 Å². The fourth-order valence-corrected chi connectivity index (χ4v) is 3.96. The Morgan fingerprint density at radius 2 is 1.94 bits per heavy atom. The molecular weight excluding hydrogens is 418 g/mol. The van der Waals surface area contributed by atoms with Crippen molar-refractivity contribution in [2.45, 2.75) is 39.3 Å². The van der Waals surface area contributed by atoms with Gasteiger partial charge >= 0.3 is 6.03 Å². The first-order chi connectivity index (χ1) is 15.9. The fraction of sp³-hybridized carbons (Fsp3) is 0.385. The summed E-state index contributed by atoms with van der Waals surface area (Å²) in [5.41, 5.74) is 4.11. The number of ether oxygens (including phenoxy) is 2. The molecule has 0 aliphatic carbocycles. The van der Waals surface area contributed by atoms with Gasteiger partial charge in [-0.2, -0.15) is 0 Å². The SMILES string of the molecule is Cc1ccc2[nH]c(=O)c(CN(C[C@H]3COCCO3)C(=O)Nc3ccc(C(C)C)cc3)cc2c1. The van der Waals surface area contributed by atoms with E-state index in [1.165, 1.54) is 5.56 Å². The number of rotatable bonds is 6. The summed E-state index contributed by atoms with van der Waals surface area (Å²) in [6.45, 7) is 8.21. The minimum Gasteiger partial charge on any atom is -0.376 e. The van der Waals surface area contributed by atoms with E-state index in [4.69, 9.17) is 9.47 Å². The van der Waals surface area contributed by atoms with E-state index in [1.54, 1.807) is 4.90 Å². The van der Waals surface area contributed by atoms with Gasteiger partial charge in [-0.1, -0.05) is 37.6 Å². The molecule has 2 N–H and O–H groups in total. The molecule has 3 aromatic rings. The van der Waals surface area contributed by atoms with Crippen LogP contribution in [0.2, 0.25) is 0 Å². The molecular formula is C26H31N3O4. The summed E-state index contributed by atoms with van der Waals surface area (Å²) < 4.78 is 11.3. The van der Waals surface area contributed by atoms with Crippen molar-refractivity contribution in [2.24, 2.45) is 0 Å². The van der Waals surface area contributed by atoms with Crippen LogP contribution >= 0.6 is 0 Å². The lowest BCUT2D eigenvalue weighted by Crippen LogP contribution is -2.44. The molecule has 0 saturated carbocycles. The summed E-state index contributed by atoms with van der Waals surface area (Å²) in [6.07, 6.45) is -0.241. The van der Waals surface area contributed by atoms with Crippen LogP contribution in [-0.4, -0.2) is 48.4 Å². The molecule has 0 radical (unpaired) electrons. The third-order valence-corrected chi connectivity index (χ3v) is 5.86. The van der Waals surface area contributed by atoms with Crippen LogP contribution in [0.15, 0.2) is 53.3 Å². The number of aromatic nitrogens is 1. The Labute approximate surface area is 193 Å². The molecule has 2 heterocycles. The number of hydrogen-bond acceptors (Lipinski definition) is 4. The molecule has 2 amide bonds. The lowest BCUT2D eigenvalue weighted by molar-refractivity contribution is -0.0943. The third kappa shape index (κ3) is 5.80. The number of fused-ring (bicyclic) bond motifs is 1. The molecule has 174 valence electrons. The van der Waals surface area contributed by atoms with Crippen molar-refractivity contribution >= 4 is 22.6 Å². The first-order valence-corrected chi connectivity index (χ1v) is 11.4. The molecule has 0 bridgehead atoms. The smallest absolute Gasteiger partial charge is 0.322 e. The predicted octanol–water partition coefficient (Wildman–Crippen LogP) is 4.41. The highest BCUT2D eigenvalue weighted by atomic mass is 16.6. The van der Waals surface area contributed by atoms with Gasteiger partial charge in [0.2, 0.25) is 0 Å². The minimum absolute atomic E-state index is 0.162. The fourth-order valence-electron chi connectivity index (χ4n) is 3.96. The number of nitrogens with one attached hydrogen (secondary N) is 2. The number of hydrogen-bond donors (Lipinski definition) is 2. The van der Waals surface area contributed by atoms with E-state index in [-0.39, 0.29) is 24.2 Å². The van der Waals surface area contributed by atoms with Gasteiger partial charge in [-0.25, -0.2) is 4.79 Å². The van der Waals surface area contributed by atoms with E-state index in [0.29, 0.717) is 43.5 Å². The van der Waals surface area contributed by atoms with Crippen molar-refractivity contribution in [1.29, 1.82) is 0 Å². The second-order valence-corrected chi connectivity index (χ2v) is 8.87. The minimum atomic E-state index is -0.287. The lowest BCUT2D eigenvalue weighted by atomic mass is 10.0. The first-order valence-electron chi connectivity index (χ1n) is 11.4. The van der Waals surface area contributed by atoms with Crippen molar-refractivity contribution in [3.8, 4) is 0 Å². The number of anilines is 1. The molecule has 2 aromatic carbocycles. The lowest BCUT2D eigenvalue weighted by Gasteiger charge is -2.30. The van der Waals surface area contributed by atoms with Crippen LogP contribution in [0.25, 0.3) is 10.9 Å². The van der Waals surface area contributed by atoms with E-state index < -0.39 is 0 Å². The molecule has 1 saturated heterocycles. The van der Waals surface area contributed by atoms with Crippen molar-refractivity contribution in [2.75, 3.05) is 31.7 Å². The number of carbonyl (C=O) groups is 1. The van der Waals surface area contributed by atoms with Gasteiger partial charge in [-0.3, -0.25) is 4.79 Å². The van der Waals surface area contributed by atoms with Gasteiger partial charge in [0, 0.05) is 16.8 Å². The summed E-state index contributed by atoms with van der Waals surface area (Å²) in [5.74, 6) is 0.415. The Morgan fingerprint density at radius 1 is 1.15 bits per heavy atom. The zero-order valence-corrected chi connectivity index (χ0v) is 19.4. The van der Waals surface area contributed by atoms with Gasteiger partial charge in [0.15, 0.2) is 0 Å². The molecule has 4 rings (SSSR count). The van der Waals surface area contributed by atoms with Crippen LogP contribution in [0.3, 0.4) is 0 Å². The van der Waals surface area contributed by atoms with Gasteiger partial charge in [-0.05, 0) is 54.1 Å². The van der Waals surface area contributed by atoms with E-state index in [0.717, 1.165) is 16.5 Å². The molecule has 0 unspecified atom stereocenters. The molecule has 1 aromatic heterocycles. The molecule has 1 aliphatic rings. The largest absolute Gasteiger partial charge is 0.376 e. The number of H-pyrrole nitrogens is 1. The van der Waals surface area contributed by atoms with E-state index in [1.807, 2.05) is 55.5 Å². The third-order valence-electron chi connectivity index (χ3n) is 5.86. The van der Waals surface area contributed by atoms with Crippen molar-refractivity contribution in [1.82, 2.24) is 9.88 Å². The number of urea groups is 1. The van der Waals surface area contributed by atoms with Gasteiger partial charge in [0.25, 0.3) is 5.56 Å². The van der Waals surface area contributed by atoms with E-state index in [9.17, 15) is 9.59 Å². The Bertz CT molecular complexity index is 1160. The Balaban J connectivity index is 1.57. The molecule has 0 spiro atoms. The second-order valence-electron chi connectivity index (χ2n) is 8.87. The van der Waals surface area contributed by atoms with Crippen LogP contribution < -0.4 is 10.9 Å². The average Bonchev–Trinajstić information content (AvgIpc) is 2.80. The highest BCUT2D eigenvalue weighted by molar-refractivity contribution is 5.89. The molecule has 33 heavy (non-hydrogen) atoms. The summed E-state index contributed by atoms with van der Waals surface area (Å²) in [6, 6.07) is 15.3. The number of nitrogens with zero attached hydrogens (tertiary/aromatic N) is 1. The zero-order chi connectivity index (χ0) is 23.4. The number of benzene rings is 2. The molecule has 7 heteroatoms. The van der Waals surface area contributed by atoms with Crippen molar-refractivity contribution in [3.05, 3.63) is 75.6 Å². The zero-order valence-electron chi connectivity index (χ0n) is 19.4. The predicted molar refractivity (Wildman–Crippen MR) is 130 cm³/mol. The molecule has 1 atom stereocenters. The van der Waals surface area contributed by atoms with Crippen molar-refractivity contribution < 1.29 is 14.3 Å². The van der Waals surface area contributed by atoms with Gasteiger partial charge < -0.3 is 24.7 Å². The number of pyridine rings is 1. The molecule has 7 nitrogen and oxygen atoms in total. The standard InChI is InChI=1S/C26H31N3O4/c1-17(2)19-5-7-22(8-6-19)27-26(31)29(15-23-16-32-10-11-33-23)14-21-13-20-12-18(3)4-9-24(20)28-25(21)30/h4-9,12-13,17,23H,10-11,14-16H2,1-3H3,(H,27,31)(H,28,30)/t23-/m0/s1. The first kappa shape index (κ1) is 23.0. The summed E-state index contributed by atoms with van der Waals surface area (Å²) in [5, 5.41) is 3.90. The van der Waals surface area contributed by atoms with E-state index >= 15 is 0 Å². The average molecular weight is 450 g/mol. The number of aryl methyl sites for hydroxylation is 1. The van der Waals surface area contributed by atoms with Crippen LogP contribution in [0.1, 0.15) is 36.5 Å².